The van der Waals surface area contributed by atoms with Crippen molar-refractivity contribution in [2.45, 2.75) is 51.6 Å². The summed E-state index contributed by atoms with van der Waals surface area (Å²) in [4.78, 5) is 0. The largest absolute Gasteiger partial charge is 0.497 e. The molecule has 1 N–H and O–H groups in total. The van der Waals surface area contributed by atoms with E-state index < -0.39 is 0 Å². The SMILES string of the molecule is CC[C@]12CC=C3c4ccc(OC)cc4CC[C@H]3[C@@H]1CC[C@@H]2O. The monoisotopic (exact) mass is 298 g/mol. The molecule has 2 nitrogen and oxygen atoms in total. The number of rotatable bonds is 2. The first-order valence-corrected chi connectivity index (χ1v) is 8.75. The van der Waals surface area contributed by atoms with Crippen LogP contribution in [0.4, 0.5) is 0 Å². The quantitative estimate of drug-likeness (QED) is 0.886. The molecule has 1 fully saturated rings. The number of hydrogen-bond donors (Lipinski definition) is 1. The number of allylic oxidation sites excluding steroid dienone is 2. The van der Waals surface area contributed by atoms with Crippen LogP contribution in [-0.2, 0) is 6.42 Å². The van der Waals surface area contributed by atoms with Crippen LogP contribution < -0.4 is 4.74 Å². The Morgan fingerprint density at radius 2 is 2.14 bits per heavy atom. The van der Waals surface area contributed by atoms with Crippen molar-refractivity contribution in [3.05, 3.63) is 35.4 Å². The molecule has 118 valence electrons. The summed E-state index contributed by atoms with van der Waals surface area (Å²) >= 11 is 0. The van der Waals surface area contributed by atoms with E-state index in [-0.39, 0.29) is 11.5 Å². The Balaban J connectivity index is 1.76. The van der Waals surface area contributed by atoms with Crippen molar-refractivity contribution >= 4 is 5.57 Å². The number of aliphatic hydroxyl groups is 1. The van der Waals surface area contributed by atoms with Crippen molar-refractivity contribution < 1.29 is 9.84 Å². The maximum Gasteiger partial charge on any atom is 0.119 e. The normalized spacial score (nSPS) is 36.1. The molecule has 1 saturated carbocycles. The number of ether oxygens (including phenoxy) is 1. The maximum atomic E-state index is 10.6. The van der Waals surface area contributed by atoms with Gasteiger partial charge in [0.2, 0.25) is 0 Å². The van der Waals surface area contributed by atoms with E-state index in [1.54, 1.807) is 12.7 Å². The van der Waals surface area contributed by atoms with Gasteiger partial charge in [-0.15, -0.1) is 0 Å². The molecule has 1 aromatic carbocycles. The average molecular weight is 298 g/mol. The standard InChI is InChI=1S/C20H26O2/c1-3-20-11-10-16-15-7-5-14(22-2)12-13(15)4-6-17(16)18(20)8-9-19(20)21/h5,7,10,12,17-19,21H,3-4,6,8-9,11H2,1-2H3/t17-,18+,19+,20+/m1/s1. The van der Waals surface area contributed by atoms with Crippen LogP contribution in [0.3, 0.4) is 0 Å². The van der Waals surface area contributed by atoms with Gasteiger partial charge in [0.25, 0.3) is 0 Å². The van der Waals surface area contributed by atoms with Crippen molar-refractivity contribution in [2.24, 2.45) is 17.3 Å². The molecule has 0 bridgehead atoms. The van der Waals surface area contributed by atoms with E-state index in [4.69, 9.17) is 4.74 Å². The lowest BCUT2D eigenvalue weighted by atomic mass is 9.58. The zero-order valence-corrected chi connectivity index (χ0v) is 13.6. The van der Waals surface area contributed by atoms with E-state index in [0.29, 0.717) is 11.8 Å². The molecule has 2 heteroatoms. The second kappa shape index (κ2) is 5.13. The van der Waals surface area contributed by atoms with Crippen LogP contribution in [-0.4, -0.2) is 18.3 Å². The van der Waals surface area contributed by atoms with Gasteiger partial charge in [-0.25, -0.2) is 0 Å². The Bertz CT molecular complexity index is 618. The molecule has 0 spiro atoms. The first kappa shape index (κ1) is 14.3. The second-order valence-electron chi connectivity index (χ2n) is 7.32. The minimum atomic E-state index is -0.0995. The molecular weight excluding hydrogens is 272 g/mol. The van der Waals surface area contributed by atoms with Crippen molar-refractivity contribution in [1.82, 2.24) is 0 Å². The summed E-state index contributed by atoms with van der Waals surface area (Å²) in [5, 5.41) is 10.6. The van der Waals surface area contributed by atoms with Gasteiger partial charge in [0.15, 0.2) is 0 Å². The Kier molecular flexibility index (Phi) is 3.34. The third kappa shape index (κ3) is 1.83. The van der Waals surface area contributed by atoms with Crippen LogP contribution in [0.25, 0.3) is 5.57 Å². The van der Waals surface area contributed by atoms with Crippen LogP contribution in [0.2, 0.25) is 0 Å². The van der Waals surface area contributed by atoms with E-state index in [0.717, 1.165) is 31.4 Å². The van der Waals surface area contributed by atoms with Crippen molar-refractivity contribution in [3.8, 4) is 5.75 Å². The van der Waals surface area contributed by atoms with Crippen LogP contribution in [0.5, 0.6) is 5.75 Å². The summed E-state index contributed by atoms with van der Waals surface area (Å²) < 4.78 is 5.38. The number of methoxy groups -OCH3 is 1. The Morgan fingerprint density at radius 3 is 2.91 bits per heavy atom. The number of aliphatic hydroxyl groups excluding tert-OH is 1. The minimum Gasteiger partial charge on any atom is -0.497 e. The van der Waals surface area contributed by atoms with Crippen molar-refractivity contribution in [1.29, 1.82) is 0 Å². The van der Waals surface area contributed by atoms with E-state index in [2.05, 4.69) is 31.2 Å². The van der Waals surface area contributed by atoms with Crippen LogP contribution >= 0.6 is 0 Å². The highest BCUT2D eigenvalue weighted by Crippen LogP contribution is 2.60. The summed E-state index contributed by atoms with van der Waals surface area (Å²) in [5.41, 5.74) is 4.57. The first-order chi connectivity index (χ1) is 10.7. The Morgan fingerprint density at radius 1 is 1.27 bits per heavy atom. The third-order valence-electron chi connectivity index (χ3n) is 6.75. The number of aryl methyl sites for hydroxylation is 1. The van der Waals surface area contributed by atoms with E-state index in [1.165, 1.54) is 24.0 Å². The summed E-state index contributed by atoms with van der Waals surface area (Å²) in [7, 11) is 1.74. The fourth-order valence-electron chi connectivity index (χ4n) is 5.52. The fourth-order valence-corrected chi connectivity index (χ4v) is 5.52. The van der Waals surface area contributed by atoms with Gasteiger partial charge in [-0.2, -0.15) is 0 Å². The molecule has 0 radical (unpaired) electrons. The maximum absolute atomic E-state index is 10.6. The third-order valence-corrected chi connectivity index (χ3v) is 6.75. The molecule has 4 rings (SSSR count). The van der Waals surface area contributed by atoms with Gasteiger partial charge in [0.05, 0.1) is 13.2 Å². The highest BCUT2D eigenvalue weighted by atomic mass is 16.5. The van der Waals surface area contributed by atoms with Crippen LogP contribution in [0.1, 0.15) is 50.2 Å². The summed E-state index contributed by atoms with van der Waals surface area (Å²) in [5.74, 6) is 2.28. The number of hydrogen-bond acceptors (Lipinski definition) is 2. The molecule has 0 saturated heterocycles. The molecule has 0 aromatic heterocycles. The first-order valence-electron chi connectivity index (χ1n) is 8.75. The average Bonchev–Trinajstić information content (AvgIpc) is 2.91. The van der Waals surface area contributed by atoms with Gasteiger partial charge in [0, 0.05) is 5.41 Å². The number of fused-ring (bicyclic) bond motifs is 5. The van der Waals surface area contributed by atoms with Gasteiger partial charge >= 0.3 is 0 Å². The zero-order valence-electron chi connectivity index (χ0n) is 13.6. The number of benzene rings is 1. The summed E-state index contributed by atoms with van der Waals surface area (Å²) in [6.45, 7) is 2.27. The molecule has 3 aliphatic rings. The van der Waals surface area contributed by atoms with Gasteiger partial charge < -0.3 is 9.84 Å². The molecule has 0 amide bonds. The molecule has 1 aromatic rings. The highest BCUT2D eigenvalue weighted by Gasteiger charge is 2.53. The molecule has 0 aliphatic heterocycles. The van der Waals surface area contributed by atoms with Crippen LogP contribution in [0, 0.1) is 17.3 Å². The minimum absolute atomic E-state index is 0.0995. The lowest BCUT2D eigenvalue weighted by molar-refractivity contribution is 0.00653. The second-order valence-corrected chi connectivity index (χ2v) is 7.32. The topological polar surface area (TPSA) is 29.5 Å². The highest BCUT2D eigenvalue weighted by molar-refractivity contribution is 5.73. The van der Waals surface area contributed by atoms with E-state index in [1.807, 2.05) is 0 Å². The van der Waals surface area contributed by atoms with Gasteiger partial charge in [0.1, 0.15) is 5.75 Å². The van der Waals surface area contributed by atoms with Gasteiger partial charge in [-0.3, -0.25) is 0 Å². The fraction of sp³-hybridized carbons (Fsp3) is 0.600. The van der Waals surface area contributed by atoms with Gasteiger partial charge in [-0.05, 0) is 79.2 Å². The smallest absolute Gasteiger partial charge is 0.119 e. The van der Waals surface area contributed by atoms with E-state index >= 15 is 0 Å². The van der Waals surface area contributed by atoms with Gasteiger partial charge in [-0.1, -0.05) is 19.1 Å². The predicted octanol–water partition coefficient (Wildman–Crippen LogP) is 4.21. The lowest BCUT2D eigenvalue weighted by Crippen LogP contribution is -2.41. The molecule has 0 heterocycles. The molecule has 4 atom stereocenters. The molecule has 22 heavy (non-hydrogen) atoms. The Hall–Kier alpha value is -1.28. The van der Waals surface area contributed by atoms with E-state index in [9.17, 15) is 5.11 Å². The van der Waals surface area contributed by atoms with Crippen molar-refractivity contribution in [3.63, 3.8) is 0 Å². The van der Waals surface area contributed by atoms with Crippen molar-refractivity contribution in [2.75, 3.05) is 7.11 Å². The predicted molar refractivity (Wildman–Crippen MR) is 88.9 cm³/mol. The Labute approximate surface area is 133 Å². The summed E-state index contributed by atoms with van der Waals surface area (Å²) in [6.07, 6.45) is 9.06. The lowest BCUT2D eigenvalue weighted by Gasteiger charge is -2.47. The molecule has 0 unspecified atom stereocenters. The summed E-state index contributed by atoms with van der Waals surface area (Å²) in [6, 6.07) is 6.54. The molecule has 3 aliphatic carbocycles. The zero-order chi connectivity index (χ0) is 15.3. The van der Waals surface area contributed by atoms with Crippen LogP contribution in [0.15, 0.2) is 24.3 Å². The molecular formula is C20H26O2.